The molecule has 1 aliphatic rings. The molecule has 1 fully saturated rings. The van der Waals surface area contributed by atoms with Crippen LogP contribution in [0.5, 0.6) is 0 Å². The average molecular weight is 346 g/mol. The summed E-state index contributed by atoms with van der Waals surface area (Å²) < 4.78 is 11.2. The van der Waals surface area contributed by atoms with Crippen molar-refractivity contribution in [3.8, 4) is 12.3 Å². The van der Waals surface area contributed by atoms with E-state index in [0.29, 0.717) is 31.4 Å². The molecule has 1 aliphatic carbocycles. The van der Waals surface area contributed by atoms with Crippen molar-refractivity contribution in [1.29, 1.82) is 0 Å². The molecule has 1 N–H and O–H groups in total. The van der Waals surface area contributed by atoms with Crippen LogP contribution >= 0.6 is 0 Å². The van der Waals surface area contributed by atoms with Crippen LogP contribution in [0, 0.1) is 18.3 Å². The van der Waals surface area contributed by atoms with Crippen LogP contribution in [0.15, 0.2) is 22.8 Å². The van der Waals surface area contributed by atoms with Crippen molar-refractivity contribution in [2.24, 2.45) is 5.92 Å². The van der Waals surface area contributed by atoms with Crippen LogP contribution in [0.1, 0.15) is 57.8 Å². The summed E-state index contributed by atoms with van der Waals surface area (Å²) in [7, 11) is 0. The summed E-state index contributed by atoms with van der Waals surface area (Å²) in [5.41, 5.74) is 0. The van der Waals surface area contributed by atoms with Gasteiger partial charge in [-0.1, -0.05) is 39.0 Å². The third-order valence-corrected chi connectivity index (χ3v) is 4.46. The molecule has 0 aromatic carbocycles. The van der Waals surface area contributed by atoms with E-state index in [0.717, 1.165) is 25.7 Å². The molecule has 1 heterocycles. The first-order valence-electron chi connectivity index (χ1n) is 9.23. The van der Waals surface area contributed by atoms with Crippen LogP contribution < -0.4 is 5.32 Å². The van der Waals surface area contributed by atoms with Gasteiger partial charge in [-0.15, -0.1) is 6.42 Å². The van der Waals surface area contributed by atoms with E-state index in [1.54, 1.807) is 11.2 Å². The normalized spacial score (nSPS) is 16.4. The summed E-state index contributed by atoms with van der Waals surface area (Å²) >= 11 is 0. The minimum absolute atomic E-state index is 0.139. The van der Waals surface area contributed by atoms with Crippen molar-refractivity contribution >= 4 is 6.03 Å². The lowest BCUT2D eigenvalue weighted by Crippen LogP contribution is -2.48. The predicted octanol–water partition coefficient (Wildman–Crippen LogP) is 3.97. The van der Waals surface area contributed by atoms with Crippen LogP contribution in [0.25, 0.3) is 0 Å². The summed E-state index contributed by atoms with van der Waals surface area (Å²) in [5.74, 6) is 3.76. The van der Waals surface area contributed by atoms with Crippen LogP contribution in [0.3, 0.4) is 0 Å². The summed E-state index contributed by atoms with van der Waals surface area (Å²) in [6.07, 6.45) is 12.7. The number of hydrogen-bond donors (Lipinski definition) is 1. The lowest BCUT2D eigenvalue weighted by atomic mass is 9.94. The average Bonchev–Trinajstić information content (AvgIpc) is 3.13. The molecule has 1 atom stereocenters. The number of urea groups is 1. The maximum absolute atomic E-state index is 12.9. The molecule has 2 rings (SSSR count). The number of ether oxygens (including phenoxy) is 1. The third kappa shape index (κ3) is 6.13. The molecular weight excluding hydrogens is 316 g/mol. The highest BCUT2D eigenvalue weighted by molar-refractivity contribution is 5.75. The monoisotopic (exact) mass is 346 g/mol. The van der Waals surface area contributed by atoms with E-state index in [2.05, 4.69) is 25.1 Å². The smallest absolute Gasteiger partial charge is 0.319 e. The van der Waals surface area contributed by atoms with Gasteiger partial charge in [0.2, 0.25) is 0 Å². The highest BCUT2D eigenvalue weighted by atomic mass is 16.5. The molecule has 1 aromatic rings. The lowest BCUT2D eigenvalue weighted by molar-refractivity contribution is 0.0828. The Morgan fingerprint density at radius 2 is 2.16 bits per heavy atom. The standard InChI is InChI=1S/C20H30N2O3/c1-4-12-22(17-9-6-5-7-10-17)20(23)21-18(15-24-14-16(2)3)19-11-8-13-25-19/h1,8,11,13,16-18H,5-7,9-10,12,14-15H2,2-3H3,(H,21,23)/t18-/m0/s1. The Bertz CT molecular complexity index is 542. The Hall–Kier alpha value is -1.93. The molecule has 0 saturated heterocycles. The van der Waals surface area contributed by atoms with Gasteiger partial charge in [0.15, 0.2) is 0 Å². The fraction of sp³-hybridized carbons (Fsp3) is 0.650. The fourth-order valence-corrected chi connectivity index (χ4v) is 3.20. The van der Waals surface area contributed by atoms with E-state index >= 15 is 0 Å². The molecular formula is C20H30N2O3. The van der Waals surface area contributed by atoms with Crippen LogP contribution in [-0.4, -0.2) is 36.7 Å². The van der Waals surface area contributed by atoms with Gasteiger partial charge in [-0.2, -0.15) is 0 Å². The van der Waals surface area contributed by atoms with Crippen LogP contribution in [0.4, 0.5) is 4.79 Å². The molecule has 0 aliphatic heterocycles. The van der Waals surface area contributed by atoms with Gasteiger partial charge in [0, 0.05) is 12.6 Å². The molecule has 1 aromatic heterocycles. The second kappa shape index (κ2) is 10.1. The number of furan rings is 1. The number of rotatable bonds is 8. The quantitative estimate of drug-likeness (QED) is 0.725. The Balaban J connectivity index is 2.01. The zero-order valence-corrected chi connectivity index (χ0v) is 15.4. The van der Waals surface area contributed by atoms with Gasteiger partial charge in [-0.05, 0) is 30.9 Å². The highest BCUT2D eigenvalue weighted by Crippen LogP contribution is 2.23. The van der Waals surface area contributed by atoms with Gasteiger partial charge in [-0.3, -0.25) is 0 Å². The molecule has 0 radical (unpaired) electrons. The summed E-state index contributed by atoms with van der Waals surface area (Å²) in [5, 5.41) is 3.05. The topological polar surface area (TPSA) is 54.7 Å². The summed E-state index contributed by atoms with van der Waals surface area (Å²) in [6, 6.07) is 3.44. The molecule has 5 heteroatoms. The van der Waals surface area contributed by atoms with Gasteiger partial charge in [0.05, 0.1) is 19.4 Å². The van der Waals surface area contributed by atoms with Crippen molar-refractivity contribution in [3.05, 3.63) is 24.2 Å². The van der Waals surface area contributed by atoms with Crippen LogP contribution in [-0.2, 0) is 4.74 Å². The number of carbonyl (C=O) groups excluding carboxylic acids is 1. The van der Waals surface area contributed by atoms with E-state index in [1.165, 1.54) is 6.42 Å². The minimum atomic E-state index is -0.315. The van der Waals surface area contributed by atoms with E-state index in [-0.39, 0.29) is 18.1 Å². The Labute approximate surface area is 151 Å². The molecule has 138 valence electrons. The molecule has 0 unspecified atom stereocenters. The number of nitrogens with zero attached hydrogens (tertiary/aromatic N) is 1. The first-order chi connectivity index (χ1) is 12.1. The number of amides is 2. The van der Waals surface area contributed by atoms with E-state index in [4.69, 9.17) is 15.6 Å². The first-order valence-corrected chi connectivity index (χ1v) is 9.23. The van der Waals surface area contributed by atoms with Gasteiger partial charge in [0.25, 0.3) is 0 Å². The molecule has 0 bridgehead atoms. The van der Waals surface area contributed by atoms with Crippen molar-refractivity contribution in [2.75, 3.05) is 19.8 Å². The Morgan fingerprint density at radius 3 is 2.76 bits per heavy atom. The maximum Gasteiger partial charge on any atom is 0.319 e. The SMILES string of the molecule is C#CCN(C(=O)N[C@@H](COCC(C)C)c1ccco1)C1CCCCC1. The zero-order valence-electron chi connectivity index (χ0n) is 15.4. The van der Waals surface area contributed by atoms with Gasteiger partial charge < -0.3 is 19.4 Å². The van der Waals surface area contributed by atoms with Gasteiger partial charge in [0.1, 0.15) is 11.8 Å². The van der Waals surface area contributed by atoms with E-state index < -0.39 is 0 Å². The molecule has 5 nitrogen and oxygen atoms in total. The van der Waals surface area contributed by atoms with Crippen molar-refractivity contribution in [2.45, 2.75) is 58.0 Å². The number of hydrogen-bond acceptors (Lipinski definition) is 3. The maximum atomic E-state index is 12.9. The summed E-state index contributed by atoms with van der Waals surface area (Å²) in [4.78, 5) is 14.6. The van der Waals surface area contributed by atoms with E-state index in [9.17, 15) is 4.79 Å². The van der Waals surface area contributed by atoms with Crippen molar-refractivity contribution in [3.63, 3.8) is 0 Å². The number of nitrogens with one attached hydrogen (secondary N) is 1. The van der Waals surface area contributed by atoms with Crippen molar-refractivity contribution in [1.82, 2.24) is 10.2 Å². The first kappa shape index (κ1) is 19.4. The minimum Gasteiger partial charge on any atom is -0.467 e. The fourth-order valence-electron chi connectivity index (χ4n) is 3.20. The van der Waals surface area contributed by atoms with Gasteiger partial charge in [-0.25, -0.2) is 4.79 Å². The Morgan fingerprint density at radius 1 is 1.40 bits per heavy atom. The van der Waals surface area contributed by atoms with Crippen molar-refractivity contribution < 1.29 is 13.9 Å². The Kier molecular flexibility index (Phi) is 7.87. The summed E-state index contributed by atoms with van der Waals surface area (Å²) in [6.45, 7) is 5.54. The zero-order chi connectivity index (χ0) is 18.1. The molecule has 1 saturated carbocycles. The predicted molar refractivity (Wildman–Crippen MR) is 98.0 cm³/mol. The largest absolute Gasteiger partial charge is 0.467 e. The molecule has 2 amide bonds. The second-order valence-corrected chi connectivity index (χ2v) is 7.07. The second-order valence-electron chi connectivity index (χ2n) is 7.07. The highest BCUT2D eigenvalue weighted by Gasteiger charge is 2.27. The third-order valence-electron chi connectivity index (χ3n) is 4.46. The molecule has 25 heavy (non-hydrogen) atoms. The number of terminal acetylenes is 1. The molecule has 0 spiro atoms. The number of carbonyl (C=O) groups is 1. The lowest BCUT2D eigenvalue weighted by Gasteiger charge is -2.34. The van der Waals surface area contributed by atoms with Crippen LogP contribution in [0.2, 0.25) is 0 Å². The van der Waals surface area contributed by atoms with Gasteiger partial charge >= 0.3 is 6.03 Å². The van der Waals surface area contributed by atoms with E-state index in [1.807, 2.05) is 12.1 Å².